The van der Waals surface area contributed by atoms with Crippen LogP contribution in [0.25, 0.3) is 0 Å². The molecule has 0 aliphatic carbocycles. The minimum Gasteiger partial charge on any atom is -0.384 e. The summed E-state index contributed by atoms with van der Waals surface area (Å²) in [6.07, 6.45) is 1.25. The lowest BCUT2D eigenvalue weighted by Crippen LogP contribution is -2.09. The van der Waals surface area contributed by atoms with E-state index in [9.17, 15) is 9.59 Å². The largest absolute Gasteiger partial charge is 0.384 e. The number of benzene rings is 1. The van der Waals surface area contributed by atoms with E-state index < -0.39 is 0 Å². The van der Waals surface area contributed by atoms with Crippen LogP contribution < -0.4 is 5.32 Å². The van der Waals surface area contributed by atoms with Gasteiger partial charge in [-0.05, 0) is 17.7 Å². The average molecular weight is 300 g/mol. The molecule has 1 rings (SSSR count). The molecule has 0 aliphatic rings. The van der Waals surface area contributed by atoms with Crippen LogP contribution in [0.5, 0.6) is 0 Å². The summed E-state index contributed by atoms with van der Waals surface area (Å²) >= 11 is 3.37. The van der Waals surface area contributed by atoms with Gasteiger partial charge in [0.2, 0.25) is 6.41 Å². The van der Waals surface area contributed by atoms with E-state index in [1.165, 1.54) is 0 Å². The first-order chi connectivity index (χ1) is 8.19. The van der Waals surface area contributed by atoms with Crippen LogP contribution in [0.15, 0.2) is 22.7 Å². The molecule has 5 heteroatoms. The number of Topliss-reactive ketones (excluding diaryl/α,β-unsaturated/α-hetero) is 1. The molecule has 0 aliphatic heterocycles. The van der Waals surface area contributed by atoms with Crippen molar-refractivity contribution in [3.05, 3.63) is 28.2 Å². The summed E-state index contributed by atoms with van der Waals surface area (Å²) in [6.45, 7) is 0.416. The summed E-state index contributed by atoms with van der Waals surface area (Å²) in [5.74, 6) is 0.0766. The van der Waals surface area contributed by atoms with Crippen LogP contribution >= 0.6 is 15.9 Å². The van der Waals surface area contributed by atoms with Crippen LogP contribution in [0.1, 0.15) is 12.0 Å². The highest BCUT2D eigenvalue weighted by molar-refractivity contribution is 9.10. The molecule has 0 radical (unpaired) electrons. The Morgan fingerprint density at radius 2 is 2.29 bits per heavy atom. The van der Waals surface area contributed by atoms with Crippen molar-refractivity contribution in [2.45, 2.75) is 12.8 Å². The Kier molecular flexibility index (Phi) is 5.86. The van der Waals surface area contributed by atoms with Gasteiger partial charge in [0, 0.05) is 30.1 Å². The van der Waals surface area contributed by atoms with E-state index in [2.05, 4.69) is 21.2 Å². The van der Waals surface area contributed by atoms with Crippen LogP contribution in [0.4, 0.5) is 5.69 Å². The van der Waals surface area contributed by atoms with E-state index in [-0.39, 0.29) is 12.2 Å². The number of carbonyl (C=O) groups is 2. The zero-order valence-electron chi connectivity index (χ0n) is 9.53. The van der Waals surface area contributed by atoms with Crippen molar-refractivity contribution in [1.29, 1.82) is 0 Å². The van der Waals surface area contributed by atoms with E-state index in [0.717, 1.165) is 10.0 Å². The SMILES string of the molecule is COCCC(=O)Cc1c(Br)cccc1NC=O. The van der Waals surface area contributed by atoms with Gasteiger partial charge in [0.15, 0.2) is 0 Å². The molecule has 1 amide bonds. The van der Waals surface area contributed by atoms with Crippen molar-refractivity contribution < 1.29 is 14.3 Å². The summed E-state index contributed by atoms with van der Waals surface area (Å²) in [6, 6.07) is 5.41. The third-order valence-corrected chi connectivity index (χ3v) is 3.04. The van der Waals surface area contributed by atoms with Gasteiger partial charge in [-0.2, -0.15) is 0 Å². The molecular formula is C12H14BrNO3. The first-order valence-corrected chi connectivity index (χ1v) is 5.96. The highest BCUT2D eigenvalue weighted by atomic mass is 79.9. The van der Waals surface area contributed by atoms with E-state index in [0.29, 0.717) is 25.1 Å². The number of hydrogen-bond acceptors (Lipinski definition) is 3. The Hall–Kier alpha value is -1.20. The number of carbonyl (C=O) groups excluding carboxylic acids is 2. The average Bonchev–Trinajstić information content (AvgIpc) is 2.31. The number of nitrogens with one attached hydrogen (secondary N) is 1. The predicted molar refractivity (Wildman–Crippen MR) is 69.0 cm³/mol. The molecule has 1 aromatic carbocycles. The van der Waals surface area contributed by atoms with Crippen LogP contribution in [0, 0.1) is 0 Å². The first kappa shape index (κ1) is 13.9. The Balaban J connectivity index is 2.80. The van der Waals surface area contributed by atoms with Gasteiger partial charge in [-0.1, -0.05) is 22.0 Å². The fraction of sp³-hybridized carbons (Fsp3) is 0.333. The lowest BCUT2D eigenvalue weighted by molar-refractivity contribution is -0.119. The zero-order chi connectivity index (χ0) is 12.7. The Bertz CT molecular complexity index is 407. The molecule has 0 bridgehead atoms. The molecule has 17 heavy (non-hydrogen) atoms. The predicted octanol–water partition coefficient (Wildman–Crippen LogP) is 2.17. The summed E-state index contributed by atoms with van der Waals surface area (Å²) in [7, 11) is 1.56. The van der Waals surface area contributed by atoms with Crippen molar-refractivity contribution in [3.8, 4) is 0 Å². The van der Waals surface area contributed by atoms with Gasteiger partial charge in [-0.3, -0.25) is 9.59 Å². The molecule has 0 unspecified atom stereocenters. The Morgan fingerprint density at radius 3 is 2.94 bits per heavy atom. The van der Waals surface area contributed by atoms with Gasteiger partial charge in [0.25, 0.3) is 0 Å². The van der Waals surface area contributed by atoms with Crippen molar-refractivity contribution >= 4 is 33.8 Å². The van der Waals surface area contributed by atoms with Crippen molar-refractivity contribution in [1.82, 2.24) is 0 Å². The summed E-state index contributed by atoms with van der Waals surface area (Å²) in [5.41, 5.74) is 1.45. The third-order valence-electron chi connectivity index (χ3n) is 2.29. The van der Waals surface area contributed by atoms with Crippen molar-refractivity contribution in [2.75, 3.05) is 19.0 Å². The molecule has 0 saturated heterocycles. The quantitative estimate of drug-likeness (QED) is 0.785. The number of methoxy groups -OCH3 is 1. The fourth-order valence-corrected chi connectivity index (χ4v) is 1.94. The molecule has 92 valence electrons. The number of anilines is 1. The van der Waals surface area contributed by atoms with Crippen LogP contribution in [0.2, 0.25) is 0 Å². The lowest BCUT2D eigenvalue weighted by Gasteiger charge is -2.09. The van der Waals surface area contributed by atoms with E-state index in [1.807, 2.05) is 6.07 Å². The second-order valence-corrected chi connectivity index (χ2v) is 4.34. The molecule has 4 nitrogen and oxygen atoms in total. The molecule has 0 aromatic heterocycles. The normalized spacial score (nSPS) is 10.0. The topological polar surface area (TPSA) is 55.4 Å². The molecule has 0 saturated carbocycles. The standard InChI is InChI=1S/C12H14BrNO3/c1-17-6-5-9(16)7-10-11(13)3-2-4-12(10)14-8-15/h2-4,8H,5-7H2,1H3,(H,14,15). The molecular weight excluding hydrogens is 286 g/mol. The summed E-state index contributed by atoms with van der Waals surface area (Å²) < 4.78 is 5.67. The lowest BCUT2D eigenvalue weighted by atomic mass is 10.1. The van der Waals surface area contributed by atoms with Gasteiger partial charge in [-0.25, -0.2) is 0 Å². The molecule has 0 spiro atoms. The monoisotopic (exact) mass is 299 g/mol. The Morgan fingerprint density at radius 1 is 1.53 bits per heavy atom. The fourth-order valence-electron chi connectivity index (χ4n) is 1.44. The van der Waals surface area contributed by atoms with Gasteiger partial charge in [0.05, 0.1) is 6.61 Å². The maximum Gasteiger partial charge on any atom is 0.211 e. The minimum atomic E-state index is 0.0766. The minimum absolute atomic E-state index is 0.0766. The highest BCUT2D eigenvalue weighted by Crippen LogP contribution is 2.25. The Labute approximate surface area is 108 Å². The van der Waals surface area contributed by atoms with Crippen molar-refractivity contribution in [2.24, 2.45) is 0 Å². The number of rotatable bonds is 7. The van der Waals surface area contributed by atoms with Gasteiger partial charge < -0.3 is 10.1 Å². The maximum absolute atomic E-state index is 11.7. The zero-order valence-corrected chi connectivity index (χ0v) is 11.1. The second kappa shape index (κ2) is 7.19. The molecule has 0 fully saturated rings. The van der Waals surface area contributed by atoms with Crippen molar-refractivity contribution in [3.63, 3.8) is 0 Å². The van der Waals surface area contributed by atoms with E-state index in [1.54, 1.807) is 19.2 Å². The summed E-state index contributed by atoms with van der Waals surface area (Å²) in [4.78, 5) is 22.1. The van der Waals surface area contributed by atoms with Crippen LogP contribution in [-0.4, -0.2) is 25.9 Å². The van der Waals surface area contributed by atoms with Crippen LogP contribution in [-0.2, 0) is 20.7 Å². The smallest absolute Gasteiger partial charge is 0.211 e. The van der Waals surface area contributed by atoms with Gasteiger partial charge >= 0.3 is 0 Å². The number of hydrogen-bond donors (Lipinski definition) is 1. The third kappa shape index (κ3) is 4.28. The molecule has 0 atom stereocenters. The molecule has 1 aromatic rings. The van der Waals surface area contributed by atoms with Crippen LogP contribution in [0.3, 0.4) is 0 Å². The van der Waals surface area contributed by atoms with Gasteiger partial charge in [-0.15, -0.1) is 0 Å². The number of halogens is 1. The number of ether oxygens (including phenoxy) is 1. The summed E-state index contributed by atoms with van der Waals surface area (Å²) in [5, 5.41) is 2.58. The van der Waals surface area contributed by atoms with E-state index >= 15 is 0 Å². The van der Waals surface area contributed by atoms with Gasteiger partial charge in [0.1, 0.15) is 5.78 Å². The van der Waals surface area contributed by atoms with E-state index in [4.69, 9.17) is 4.74 Å². The number of ketones is 1. The highest BCUT2D eigenvalue weighted by Gasteiger charge is 2.11. The molecule has 0 heterocycles. The first-order valence-electron chi connectivity index (χ1n) is 5.17. The maximum atomic E-state index is 11.7. The molecule has 1 N–H and O–H groups in total. The second-order valence-electron chi connectivity index (χ2n) is 3.49. The number of amides is 1.